The first-order chi connectivity index (χ1) is 13.0. The van der Waals surface area contributed by atoms with Gasteiger partial charge in [0.15, 0.2) is 0 Å². The van der Waals surface area contributed by atoms with Gasteiger partial charge in [0.25, 0.3) is 5.91 Å². The van der Waals surface area contributed by atoms with Gasteiger partial charge in [0.2, 0.25) is 11.8 Å². The van der Waals surface area contributed by atoms with Gasteiger partial charge in [-0.25, -0.2) is 0 Å². The number of nitrogens with zero attached hydrogens (tertiary/aromatic N) is 2. The maximum atomic E-state index is 13.1. The summed E-state index contributed by atoms with van der Waals surface area (Å²) in [6.07, 6.45) is 0.434. The van der Waals surface area contributed by atoms with Gasteiger partial charge in [0.1, 0.15) is 6.04 Å². The number of carbonyl (C=O) groups is 3. The maximum Gasteiger partial charge on any atom is 0.262 e. The zero-order valence-electron chi connectivity index (χ0n) is 15.3. The molecule has 3 rings (SSSR count). The minimum atomic E-state index is -0.633. The molecule has 0 spiro atoms. The van der Waals surface area contributed by atoms with E-state index in [1.165, 1.54) is 18.3 Å². The summed E-state index contributed by atoms with van der Waals surface area (Å²) in [5.74, 6) is -0.317. The number of benzene rings is 1. The van der Waals surface area contributed by atoms with Crippen molar-refractivity contribution >= 4 is 29.1 Å². The Hall–Kier alpha value is -2.67. The van der Waals surface area contributed by atoms with Crippen molar-refractivity contribution in [2.45, 2.75) is 19.4 Å². The third-order valence-corrected chi connectivity index (χ3v) is 5.54. The maximum absolute atomic E-state index is 13.1. The van der Waals surface area contributed by atoms with Gasteiger partial charge in [-0.15, -0.1) is 11.3 Å². The Bertz CT molecular complexity index is 784. The minimum Gasteiger partial charge on any atom is -0.339 e. The number of rotatable bonds is 5. The van der Waals surface area contributed by atoms with Gasteiger partial charge in [-0.3, -0.25) is 14.4 Å². The fourth-order valence-electron chi connectivity index (χ4n) is 3.15. The van der Waals surface area contributed by atoms with Crippen LogP contribution in [0.5, 0.6) is 0 Å². The van der Waals surface area contributed by atoms with Crippen LogP contribution in [-0.4, -0.2) is 59.7 Å². The summed E-state index contributed by atoms with van der Waals surface area (Å²) in [5.41, 5.74) is 0.990. The molecule has 1 fully saturated rings. The highest BCUT2D eigenvalue weighted by molar-refractivity contribution is 7.12. The largest absolute Gasteiger partial charge is 0.339 e. The van der Waals surface area contributed by atoms with Crippen molar-refractivity contribution in [3.8, 4) is 0 Å². The second-order valence-corrected chi connectivity index (χ2v) is 7.47. The average Bonchev–Trinajstić information content (AvgIpc) is 3.23. The van der Waals surface area contributed by atoms with Gasteiger partial charge in [-0.05, 0) is 17.0 Å². The molecule has 1 aromatic carbocycles. The Morgan fingerprint density at radius 1 is 1.00 bits per heavy atom. The lowest BCUT2D eigenvalue weighted by Crippen LogP contribution is -2.56. The summed E-state index contributed by atoms with van der Waals surface area (Å²) in [7, 11) is 0. The van der Waals surface area contributed by atoms with Gasteiger partial charge in [0, 0.05) is 39.5 Å². The summed E-state index contributed by atoms with van der Waals surface area (Å²) >= 11 is 1.35. The molecule has 2 aromatic rings. The van der Waals surface area contributed by atoms with Crippen LogP contribution in [0.2, 0.25) is 0 Å². The molecule has 1 unspecified atom stereocenters. The van der Waals surface area contributed by atoms with E-state index in [9.17, 15) is 14.4 Å². The van der Waals surface area contributed by atoms with Crippen LogP contribution in [0, 0.1) is 0 Å². The van der Waals surface area contributed by atoms with Crippen LogP contribution >= 0.6 is 11.3 Å². The highest BCUT2D eigenvalue weighted by Gasteiger charge is 2.29. The van der Waals surface area contributed by atoms with E-state index in [-0.39, 0.29) is 17.7 Å². The molecule has 1 aliphatic heterocycles. The van der Waals surface area contributed by atoms with Gasteiger partial charge >= 0.3 is 0 Å². The van der Waals surface area contributed by atoms with E-state index < -0.39 is 6.04 Å². The van der Waals surface area contributed by atoms with Crippen molar-refractivity contribution < 1.29 is 14.4 Å². The molecule has 1 saturated heterocycles. The molecule has 2 heterocycles. The molecule has 7 heteroatoms. The Morgan fingerprint density at radius 2 is 1.67 bits per heavy atom. The molecule has 0 bridgehead atoms. The quantitative estimate of drug-likeness (QED) is 0.853. The fraction of sp³-hybridized carbons (Fsp3) is 0.350. The first kappa shape index (κ1) is 19.1. The van der Waals surface area contributed by atoms with E-state index >= 15 is 0 Å². The number of piperazine rings is 1. The third-order valence-electron chi connectivity index (χ3n) is 4.67. The van der Waals surface area contributed by atoms with E-state index in [1.807, 2.05) is 41.8 Å². The first-order valence-corrected chi connectivity index (χ1v) is 9.85. The second kappa shape index (κ2) is 8.81. The summed E-state index contributed by atoms with van der Waals surface area (Å²) in [5, 5.41) is 4.74. The van der Waals surface area contributed by atoms with Crippen molar-refractivity contribution in [3.63, 3.8) is 0 Å². The molecule has 0 saturated carbocycles. The predicted molar refractivity (Wildman–Crippen MR) is 105 cm³/mol. The molecule has 1 N–H and O–H groups in total. The van der Waals surface area contributed by atoms with E-state index in [2.05, 4.69) is 5.32 Å². The van der Waals surface area contributed by atoms with Crippen molar-refractivity contribution in [1.29, 1.82) is 0 Å². The van der Waals surface area contributed by atoms with E-state index in [1.54, 1.807) is 15.9 Å². The van der Waals surface area contributed by atoms with Crippen LogP contribution in [0.15, 0.2) is 47.8 Å². The lowest BCUT2D eigenvalue weighted by molar-refractivity contribution is -0.139. The Balaban J connectivity index is 1.71. The molecule has 3 amide bonds. The van der Waals surface area contributed by atoms with E-state index in [0.29, 0.717) is 37.5 Å². The van der Waals surface area contributed by atoms with Gasteiger partial charge < -0.3 is 15.1 Å². The van der Waals surface area contributed by atoms with Crippen LogP contribution in [0.4, 0.5) is 0 Å². The first-order valence-electron chi connectivity index (χ1n) is 8.97. The van der Waals surface area contributed by atoms with Crippen LogP contribution in [0.25, 0.3) is 0 Å². The van der Waals surface area contributed by atoms with Gasteiger partial charge in [-0.1, -0.05) is 36.4 Å². The van der Waals surface area contributed by atoms with Crippen LogP contribution < -0.4 is 5.32 Å². The monoisotopic (exact) mass is 385 g/mol. The smallest absolute Gasteiger partial charge is 0.262 e. The highest BCUT2D eigenvalue weighted by atomic mass is 32.1. The van der Waals surface area contributed by atoms with Gasteiger partial charge in [0.05, 0.1) is 4.88 Å². The van der Waals surface area contributed by atoms with Crippen LogP contribution in [0.3, 0.4) is 0 Å². The summed E-state index contributed by atoms with van der Waals surface area (Å²) in [4.78, 5) is 41.2. The number of nitrogens with one attached hydrogen (secondary N) is 1. The summed E-state index contributed by atoms with van der Waals surface area (Å²) in [6.45, 7) is 3.56. The summed E-state index contributed by atoms with van der Waals surface area (Å²) < 4.78 is 0. The number of hydrogen-bond acceptors (Lipinski definition) is 4. The van der Waals surface area contributed by atoms with Crippen molar-refractivity contribution in [1.82, 2.24) is 15.1 Å². The lowest BCUT2D eigenvalue weighted by Gasteiger charge is -2.36. The number of amides is 3. The number of thiophene rings is 1. The molecule has 1 atom stereocenters. The highest BCUT2D eigenvalue weighted by Crippen LogP contribution is 2.12. The molecule has 1 aliphatic rings. The molecular formula is C20H23N3O3S. The minimum absolute atomic E-state index is 0.0222. The molecule has 1 aromatic heterocycles. The van der Waals surface area contributed by atoms with Crippen molar-refractivity contribution in [2.24, 2.45) is 0 Å². The molecule has 6 nitrogen and oxygen atoms in total. The van der Waals surface area contributed by atoms with E-state index in [0.717, 1.165) is 5.56 Å². The van der Waals surface area contributed by atoms with Crippen LogP contribution in [-0.2, 0) is 16.0 Å². The molecule has 0 aliphatic carbocycles. The Morgan fingerprint density at radius 3 is 2.26 bits per heavy atom. The van der Waals surface area contributed by atoms with E-state index in [4.69, 9.17) is 0 Å². The number of carbonyl (C=O) groups excluding carboxylic acids is 3. The van der Waals surface area contributed by atoms with Crippen molar-refractivity contribution in [2.75, 3.05) is 26.2 Å². The topological polar surface area (TPSA) is 69.7 Å². The SMILES string of the molecule is CC(=O)N1CCN(C(=O)C(Cc2ccccc2)NC(=O)c2cccs2)CC1. The zero-order chi connectivity index (χ0) is 19.2. The normalized spacial score (nSPS) is 15.3. The van der Waals surface area contributed by atoms with Crippen molar-refractivity contribution in [3.05, 3.63) is 58.3 Å². The molecule has 0 radical (unpaired) electrons. The third kappa shape index (κ3) is 4.95. The average molecular weight is 385 g/mol. The zero-order valence-corrected chi connectivity index (χ0v) is 16.1. The molecular weight excluding hydrogens is 362 g/mol. The lowest BCUT2D eigenvalue weighted by atomic mass is 10.0. The van der Waals surface area contributed by atoms with Crippen LogP contribution in [0.1, 0.15) is 22.2 Å². The Labute approximate surface area is 162 Å². The second-order valence-electron chi connectivity index (χ2n) is 6.52. The standard InChI is InChI=1S/C20H23N3O3S/c1-15(24)22-9-11-23(12-10-22)20(26)17(14-16-6-3-2-4-7-16)21-19(25)18-8-5-13-27-18/h2-8,13,17H,9-12,14H2,1H3,(H,21,25). The summed E-state index contributed by atoms with van der Waals surface area (Å²) in [6, 6.07) is 12.6. The van der Waals surface area contributed by atoms with Gasteiger partial charge in [-0.2, -0.15) is 0 Å². The molecule has 142 valence electrons. The molecule has 27 heavy (non-hydrogen) atoms. The Kier molecular flexibility index (Phi) is 6.24. The fourth-order valence-corrected chi connectivity index (χ4v) is 3.78. The predicted octanol–water partition coefficient (Wildman–Crippen LogP) is 1.78. The number of hydrogen-bond donors (Lipinski definition) is 1.